The third-order valence-corrected chi connectivity index (χ3v) is 7.54. The minimum absolute atomic E-state index is 0.151. The van der Waals surface area contributed by atoms with Crippen LogP contribution in [0.4, 0.5) is 5.69 Å². The van der Waals surface area contributed by atoms with Crippen molar-refractivity contribution in [1.29, 1.82) is 5.26 Å². The molecule has 8 heteroatoms. The normalized spacial score (nSPS) is 11.6. The molecule has 0 saturated heterocycles. The van der Waals surface area contributed by atoms with Crippen molar-refractivity contribution in [1.82, 2.24) is 9.55 Å². The van der Waals surface area contributed by atoms with Crippen LogP contribution in [0.25, 0.3) is 26.9 Å². The minimum atomic E-state index is -0.832. The largest absolute Gasteiger partial charge is 0.451 e. The Morgan fingerprint density at radius 3 is 2.56 bits per heavy atom. The zero-order chi connectivity index (χ0) is 28.1. The predicted octanol–water partition coefficient (Wildman–Crippen LogP) is 6.83. The number of nitrogens with one attached hydrogen (secondary N) is 1. The highest BCUT2D eigenvalue weighted by Gasteiger charge is 2.16. The van der Waals surface area contributed by atoms with E-state index in [2.05, 4.69) is 41.7 Å². The number of carbonyl (C=O) groups is 2. The van der Waals surface area contributed by atoms with Crippen molar-refractivity contribution in [3.05, 3.63) is 76.6 Å². The van der Waals surface area contributed by atoms with Gasteiger partial charge in [0, 0.05) is 29.2 Å². The topological polar surface area (TPSA) is 97.0 Å². The molecule has 39 heavy (non-hydrogen) atoms. The molecule has 2 aromatic heterocycles. The van der Waals surface area contributed by atoms with E-state index >= 15 is 0 Å². The fraction of sp³-hybridized carbons (Fsp3) is 0.290. The highest BCUT2D eigenvalue weighted by atomic mass is 32.1. The van der Waals surface area contributed by atoms with Crippen LogP contribution in [-0.4, -0.2) is 28.0 Å². The number of ether oxygens (including phenoxy) is 1. The molecule has 0 radical (unpaired) electrons. The molecule has 2 aromatic carbocycles. The van der Waals surface area contributed by atoms with E-state index in [1.165, 1.54) is 11.6 Å². The Hall–Kier alpha value is -4.22. The maximum absolute atomic E-state index is 12.5. The first-order valence-corrected chi connectivity index (χ1v) is 13.7. The van der Waals surface area contributed by atoms with Crippen LogP contribution in [0.5, 0.6) is 0 Å². The molecule has 4 rings (SSSR count). The molecular weight excluding hydrogens is 508 g/mol. The van der Waals surface area contributed by atoms with Gasteiger partial charge in [-0.1, -0.05) is 19.9 Å². The number of carbonyl (C=O) groups excluding carboxylic acids is 2. The fourth-order valence-corrected chi connectivity index (χ4v) is 5.32. The van der Waals surface area contributed by atoms with E-state index in [0.717, 1.165) is 50.7 Å². The summed E-state index contributed by atoms with van der Waals surface area (Å²) in [5.74, 6) is -0.751. The van der Waals surface area contributed by atoms with Crippen LogP contribution >= 0.6 is 11.3 Å². The van der Waals surface area contributed by atoms with Crippen LogP contribution in [0, 0.1) is 38.0 Å². The van der Waals surface area contributed by atoms with E-state index in [9.17, 15) is 14.9 Å². The first kappa shape index (κ1) is 27.8. The smallest absolute Gasteiger partial charge is 0.349 e. The molecule has 0 aliphatic carbocycles. The van der Waals surface area contributed by atoms with Crippen molar-refractivity contribution in [3.63, 3.8) is 0 Å². The first-order chi connectivity index (χ1) is 18.6. The number of anilines is 1. The summed E-state index contributed by atoms with van der Waals surface area (Å²) in [6.07, 6.45) is 2.56. The third kappa shape index (κ3) is 6.81. The van der Waals surface area contributed by atoms with E-state index in [1.807, 2.05) is 50.2 Å². The highest BCUT2D eigenvalue weighted by Crippen LogP contribution is 2.31. The van der Waals surface area contributed by atoms with Gasteiger partial charge in [0.2, 0.25) is 0 Å². The Morgan fingerprint density at radius 2 is 1.87 bits per heavy atom. The lowest BCUT2D eigenvalue weighted by atomic mass is 10.1. The number of aromatic nitrogens is 2. The van der Waals surface area contributed by atoms with Gasteiger partial charge in [-0.3, -0.25) is 4.79 Å². The van der Waals surface area contributed by atoms with Gasteiger partial charge in [-0.2, -0.15) is 5.26 Å². The summed E-state index contributed by atoms with van der Waals surface area (Å²) in [4.78, 5) is 29.6. The number of hydrogen-bond donors (Lipinski definition) is 1. The van der Waals surface area contributed by atoms with Gasteiger partial charge in [-0.05, 0) is 92.8 Å². The molecule has 0 unspecified atom stereocenters. The lowest BCUT2D eigenvalue weighted by Gasteiger charge is -2.11. The molecule has 1 amide bonds. The van der Waals surface area contributed by atoms with Crippen molar-refractivity contribution in [2.45, 2.75) is 47.6 Å². The van der Waals surface area contributed by atoms with Gasteiger partial charge < -0.3 is 14.6 Å². The molecular formula is C31H32N4O3S. The van der Waals surface area contributed by atoms with E-state index in [-0.39, 0.29) is 5.57 Å². The van der Waals surface area contributed by atoms with Crippen molar-refractivity contribution in [3.8, 4) is 16.6 Å². The van der Waals surface area contributed by atoms with Gasteiger partial charge in [-0.25, -0.2) is 9.78 Å². The number of esters is 1. The molecule has 1 N–H and O–H groups in total. The van der Waals surface area contributed by atoms with Crippen molar-refractivity contribution in [2.75, 3.05) is 11.9 Å². The number of amides is 1. The van der Waals surface area contributed by atoms with Crippen LogP contribution in [0.3, 0.4) is 0 Å². The Balaban J connectivity index is 1.35. The predicted molar refractivity (Wildman–Crippen MR) is 156 cm³/mol. The number of nitrogens with zero attached hydrogens (tertiary/aromatic N) is 3. The minimum Gasteiger partial charge on any atom is -0.451 e. The zero-order valence-corrected chi connectivity index (χ0v) is 23.7. The summed E-state index contributed by atoms with van der Waals surface area (Å²) in [6, 6.07) is 17.4. The van der Waals surface area contributed by atoms with Gasteiger partial charge in [0.15, 0.2) is 6.61 Å². The molecule has 0 bridgehead atoms. The summed E-state index contributed by atoms with van der Waals surface area (Å²) in [5, 5.41) is 13.2. The second-order valence-electron chi connectivity index (χ2n) is 10.0. The number of thiazole rings is 1. The van der Waals surface area contributed by atoms with E-state index in [4.69, 9.17) is 4.74 Å². The SMILES string of the molecule is Cc1ccc2nc(-c3ccc(NC(=O)COC(=O)/C(C#N)=C/c4cc(C)n(CCC(C)C)c4C)cc3)sc2c1. The quantitative estimate of drug-likeness (QED) is 0.143. The zero-order valence-electron chi connectivity index (χ0n) is 22.9. The number of benzene rings is 2. The summed E-state index contributed by atoms with van der Waals surface area (Å²) in [6.45, 7) is 10.8. The highest BCUT2D eigenvalue weighted by molar-refractivity contribution is 7.21. The van der Waals surface area contributed by atoms with E-state index < -0.39 is 18.5 Å². The van der Waals surface area contributed by atoms with Crippen LogP contribution in [-0.2, 0) is 20.9 Å². The molecule has 0 aliphatic heterocycles. The molecule has 0 spiro atoms. The van der Waals surface area contributed by atoms with Crippen molar-refractivity contribution in [2.24, 2.45) is 5.92 Å². The van der Waals surface area contributed by atoms with Crippen LogP contribution in [0.1, 0.15) is 42.8 Å². The maximum atomic E-state index is 12.5. The monoisotopic (exact) mass is 540 g/mol. The van der Waals surface area contributed by atoms with Crippen molar-refractivity contribution >= 4 is 45.2 Å². The molecule has 0 aliphatic rings. The van der Waals surface area contributed by atoms with Gasteiger partial charge in [0.1, 0.15) is 16.6 Å². The number of aryl methyl sites for hydroxylation is 2. The lowest BCUT2D eigenvalue weighted by molar-refractivity contribution is -0.142. The Labute approximate surface area is 232 Å². The van der Waals surface area contributed by atoms with Gasteiger partial charge in [0.25, 0.3) is 5.91 Å². The summed E-state index contributed by atoms with van der Waals surface area (Å²) < 4.78 is 8.45. The third-order valence-electron chi connectivity index (χ3n) is 6.48. The molecule has 4 aromatic rings. The Morgan fingerprint density at radius 1 is 1.13 bits per heavy atom. The molecule has 2 heterocycles. The first-order valence-electron chi connectivity index (χ1n) is 12.9. The van der Waals surface area contributed by atoms with Gasteiger partial charge in [-0.15, -0.1) is 11.3 Å². The Bertz CT molecular complexity index is 1590. The second-order valence-corrected chi connectivity index (χ2v) is 11.1. The fourth-order valence-electron chi connectivity index (χ4n) is 4.25. The standard InChI is InChI=1S/C31H32N4O3S/c1-19(2)12-13-35-21(4)15-24(22(35)5)16-25(17-32)31(37)38-18-29(36)33-26-9-7-23(8-10-26)30-34-27-11-6-20(3)14-28(27)39-30/h6-11,14-16,19H,12-13,18H2,1-5H3,(H,33,36)/b25-16+. The van der Waals surface area contributed by atoms with Crippen molar-refractivity contribution < 1.29 is 14.3 Å². The lowest BCUT2D eigenvalue weighted by Crippen LogP contribution is -2.21. The number of nitriles is 1. The molecule has 0 fully saturated rings. The average Bonchev–Trinajstić information content (AvgIpc) is 3.44. The number of hydrogen-bond acceptors (Lipinski definition) is 6. The Kier molecular flexibility index (Phi) is 8.62. The van der Waals surface area contributed by atoms with Gasteiger partial charge >= 0.3 is 5.97 Å². The summed E-state index contributed by atoms with van der Waals surface area (Å²) >= 11 is 1.62. The van der Waals surface area contributed by atoms with E-state index in [0.29, 0.717) is 11.6 Å². The molecule has 0 saturated carbocycles. The molecule has 0 atom stereocenters. The average molecular weight is 541 g/mol. The van der Waals surface area contributed by atoms with Crippen LogP contribution in [0.2, 0.25) is 0 Å². The molecule has 200 valence electrons. The van der Waals surface area contributed by atoms with E-state index in [1.54, 1.807) is 23.5 Å². The summed E-state index contributed by atoms with van der Waals surface area (Å²) in [5.41, 5.74) is 6.35. The number of rotatable bonds is 9. The van der Waals surface area contributed by atoms with Gasteiger partial charge in [0.05, 0.1) is 10.2 Å². The second kappa shape index (κ2) is 12.1. The summed E-state index contributed by atoms with van der Waals surface area (Å²) in [7, 11) is 0. The van der Waals surface area contributed by atoms with Crippen LogP contribution in [0.15, 0.2) is 54.1 Å². The molecule has 7 nitrogen and oxygen atoms in total. The maximum Gasteiger partial charge on any atom is 0.349 e. The number of fused-ring (bicyclic) bond motifs is 1. The van der Waals surface area contributed by atoms with Crippen LogP contribution < -0.4 is 5.32 Å².